The van der Waals surface area contributed by atoms with E-state index in [1.807, 2.05) is 6.07 Å². The van der Waals surface area contributed by atoms with Crippen molar-refractivity contribution in [1.29, 1.82) is 5.41 Å². The van der Waals surface area contributed by atoms with Crippen LogP contribution < -0.4 is 20.7 Å². The number of allylic oxidation sites excluding steroid dienone is 1. The number of hydrogen-bond donors (Lipinski definition) is 3. The average Bonchev–Trinajstić information content (AvgIpc) is 2.74. The molecule has 2 fully saturated rings. The van der Waals surface area contributed by atoms with Gasteiger partial charge in [0.1, 0.15) is 12.4 Å². The second kappa shape index (κ2) is 6.63. The first-order chi connectivity index (χ1) is 13.7. The van der Waals surface area contributed by atoms with Gasteiger partial charge in [-0.05, 0) is 67.2 Å². The zero-order chi connectivity index (χ0) is 19.1. The fraction of sp³-hybridized carbons (Fsp3) is 0.364. The summed E-state index contributed by atoms with van der Waals surface area (Å²) in [7, 11) is 0. The minimum atomic E-state index is 0.283. The molecule has 6 heteroatoms. The van der Waals surface area contributed by atoms with Gasteiger partial charge >= 0.3 is 0 Å². The van der Waals surface area contributed by atoms with Gasteiger partial charge in [0.25, 0.3) is 0 Å². The normalized spacial score (nSPS) is 20.0. The number of ether oxygens (including phenoxy) is 1. The molecule has 28 heavy (non-hydrogen) atoms. The van der Waals surface area contributed by atoms with E-state index in [0.717, 1.165) is 53.6 Å². The van der Waals surface area contributed by atoms with Crippen LogP contribution in [0.1, 0.15) is 30.4 Å². The number of rotatable bonds is 3. The third-order valence-electron chi connectivity index (χ3n) is 6.46. The molecule has 3 aliphatic heterocycles. The first kappa shape index (κ1) is 17.3. The highest BCUT2D eigenvalue weighted by molar-refractivity contribution is 6.08. The predicted molar refractivity (Wildman–Crippen MR) is 112 cm³/mol. The minimum Gasteiger partial charge on any atom is -0.472 e. The number of piperidine rings is 1. The minimum absolute atomic E-state index is 0.283. The highest BCUT2D eigenvalue weighted by atomic mass is 16.5. The van der Waals surface area contributed by atoms with Crippen molar-refractivity contribution in [1.82, 2.24) is 10.3 Å². The van der Waals surface area contributed by atoms with Crippen molar-refractivity contribution in [3.8, 4) is 17.0 Å². The summed E-state index contributed by atoms with van der Waals surface area (Å²) in [5, 5.41) is 11.0. The smallest absolute Gasteiger partial charge is 0.223 e. The molecule has 0 atom stereocenters. The monoisotopic (exact) mass is 375 g/mol. The zero-order valence-corrected chi connectivity index (χ0v) is 15.9. The molecular weight excluding hydrogens is 350 g/mol. The topological polar surface area (TPSA) is 87.3 Å². The van der Waals surface area contributed by atoms with Gasteiger partial charge in [-0.15, -0.1) is 0 Å². The molecule has 4 heterocycles. The van der Waals surface area contributed by atoms with Crippen molar-refractivity contribution >= 4 is 17.6 Å². The molecule has 4 N–H and O–H groups in total. The van der Waals surface area contributed by atoms with Crippen molar-refractivity contribution in [3.63, 3.8) is 0 Å². The van der Waals surface area contributed by atoms with E-state index in [4.69, 9.17) is 20.9 Å². The van der Waals surface area contributed by atoms with Crippen LogP contribution in [0.5, 0.6) is 5.88 Å². The van der Waals surface area contributed by atoms with E-state index in [9.17, 15) is 0 Å². The summed E-state index contributed by atoms with van der Waals surface area (Å²) in [6.07, 6.45) is 6.36. The molecule has 5 rings (SSSR count). The molecule has 0 bridgehead atoms. The van der Waals surface area contributed by atoms with Crippen LogP contribution in [0, 0.1) is 5.41 Å². The lowest BCUT2D eigenvalue weighted by Gasteiger charge is -2.56. The Kier molecular flexibility index (Phi) is 4.09. The van der Waals surface area contributed by atoms with Crippen molar-refractivity contribution < 1.29 is 4.74 Å². The molecule has 1 aromatic carbocycles. The number of nitrogens with zero attached hydrogens (tertiary/aromatic N) is 2. The third-order valence-corrected chi connectivity index (χ3v) is 6.46. The summed E-state index contributed by atoms with van der Waals surface area (Å²) in [5.41, 5.74) is 10.8. The fourth-order valence-electron chi connectivity index (χ4n) is 4.73. The number of nitrogens with two attached hydrogens (primary N) is 1. The molecule has 0 amide bonds. The standard InChI is InChI=1S/C22H25N5O/c23-12-17(13-24)15-1-2-18-16(11-15)14-28-21-19(18)3-4-20(26-21)27-10-7-22(27)5-8-25-9-6-22/h1-4,11-13,23,25H,5-10,14,24H2/b17-13+,23-12?. The van der Waals surface area contributed by atoms with Gasteiger partial charge in [-0.1, -0.05) is 12.1 Å². The molecule has 0 saturated carbocycles. The fourth-order valence-corrected chi connectivity index (χ4v) is 4.73. The number of anilines is 1. The van der Waals surface area contributed by atoms with E-state index in [2.05, 4.69) is 34.5 Å². The number of benzene rings is 1. The molecular formula is C22H25N5O. The zero-order valence-electron chi connectivity index (χ0n) is 15.9. The van der Waals surface area contributed by atoms with Crippen molar-refractivity contribution in [2.24, 2.45) is 5.73 Å². The summed E-state index contributed by atoms with van der Waals surface area (Å²) in [5.74, 6) is 1.75. The molecule has 2 saturated heterocycles. The maximum Gasteiger partial charge on any atom is 0.223 e. The summed E-state index contributed by atoms with van der Waals surface area (Å²) < 4.78 is 6.03. The summed E-state index contributed by atoms with van der Waals surface area (Å²) in [6, 6.07) is 10.4. The highest BCUT2D eigenvalue weighted by Gasteiger charge is 2.45. The van der Waals surface area contributed by atoms with Gasteiger partial charge in [0.15, 0.2) is 0 Å². The summed E-state index contributed by atoms with van der Waals surface area (Å²) >= 11 is 0. The van der Waals surface area contributed by atoms with Crippen molar-refractivity contribution in [2.45, 2.75) is 31.4 Å². The molecule has 144 valence electrons. The Hall–Kier alpha value is -2.86. The Morgan fingerprint density at radius 1 is 1.18 bits per heavy atom. The molecule has 0 radical (unpaired) electrons. The molecule has 6 nitrogen and oxygen atoms in total. The molecule has 0 unspecified atom stereocenters. The Morgan fingerprint density at radius 2 is 2.00 bits per heavy atom. The highest BCUT2D eigenvalue weighted by Crippen LogP contribution is 2.44. The quantitative estimate of drug-likeness (QED) is 0.718. The molecule has 3 aliphatic rings. The van der Waals surface area contributed by atoms with Gasteiger partial charge in [0.2, 0.25) is 5.88 Å². The van der Waals surface area contributed by atoms with Crippen molar-refractivity contribution in [2.75, 3.05) is 24.5 Å². The van der Waals surface area contributed by atoms with Crippen molar-refractivity contribution in [3.05, 3.63) is 47.7 Å². The van der Waals surface area contributed by atoms with Crippen LogP contribution in [0.15, 0.2) is 36.5 Å². The van der Waals surface area contributed by atoms with E-state index in [1.54, 1.807) is 0 Å². The number of aromatic nitrogens is 1. The maximum absolute atomic E-state index is 7.50. The van der Waals surface area contributed by atoms with Gasteiger partial charge in [-0.3, -0.25) is 0 Å². The first-order valence-electron chi connectivity index (χ1n) is 9.92. The number of pyridine rings is 1. The molecule has 2 aromatic rings. The largest absolute Gasteiger partial charge is 0.472 e. The lowest BCUT2D eigenvalue weighted by atomic mass is 9.77. The van der Waals surface area contributed by atoms with Crippen LogP contribution in [0.2, 0.25) is 0 Å². The van der Waals surface area contributed by atoms with Gasteiger partial charge in [-0.25, -0.2) is 0 Å². The van der Waals surface area contributed by atoms with E-state index in [-0.39, 0.29) is 5.54 Å². The van der Waals surface area contributed by atoms with Gasteiger partial charge < -0.3 is 26.1 Å². The lowest BCUT2D eigenvalue weighted by Crippen LogP contribution is -2.64. The van der Waals surface area contributed by atoms with Crippen LogP contribution in [0.4, 0.5) is 5.82 Å². The van der Waals surface area contributed by atoms with Gasteiger partial charge in [-0.2, -0.15) is 4.98 Å². The van der Waals surface area contributed by atoms with Gasteiger partial charge in [0.05, 0.1) is 0 Å². The number of fused-ring (bicyclic) bond motifs is 3. The Morgan fingerprint density at radius 3 is 2.71 bits per heavy atom. The second-order valence-electron chi connectivity index (χ2n) is 7.83. The van der Waals surface area contributed by atoms with Crippen LogP contribution >= 0.6 is 0 Å². The van der Waals surface area contributed by atoms with Gasteiger partial charge in [0, 0.05) is 35.6 Å². The number of hydrogen-bond acceptors (Lipinski definition) is 6. The molecule has 0 aliphatic carbocycles. The van der Waals surface area contributed by atoms with Crippen LogP contribution in [-0.4, -0.2) is 36.4 Å². The van der Waals surface area contributed by atoms with E-state index >= 15 is 0 Å². The SMILES string of the molecule is N=C/C(=C\N)c1ccc2c(c1)COc1nc(N3CCC34CCNCC4)ccc1-2. The Labute approximate surface area is 164 Å². The molecule has 1 aromatic heterocycles. The average molecular weight is 375 g/mol. The van der Waals surface area contributed by atoms with E-state index in [1.165, 1.54) is 31.7 Å². The van der Waals surface area contributed by atoms with E-state index < -0.39 is 0 Å². The number of nitrogens with one attached hydrogen (secondary N) is 2. The van der Waals surface area contributed by atoms with Crippen LogP contribution in [-0.2, 0) is 6.61 Å². The van der Waals surface area contributed by atoms with Crippen LogP contribution in [0.3, 0.4) is 0 Å². The summed E-state index contributed by atoms with van der Waals surface area (Å²) in [4.78, 5) is 7.36. The predicted octanol–water partition coefficient (Wildman–Crippen LogP) is 2.92. The Balaban J connectivity index is 1.47. The lowest BCUT2D eigenvalue weighted by molar-refractivity contribution is 0.203. The molecule has 1 spiro atoms. The maximum atomic E-state index is 7.50. The summed E-state index contributed by atoms with van der Waals surface area (Å²) in [6.45, 7) is 3.73. The first-order valence-corrected chi connectivity index (χ1v) is 9.92. The third kappa shape index (κ3) is 2.59. The van der Waals surface area contributed by atoms with E-state index in [0.29, 0.717) is 12.2 Å². The second-order valence-corrected chi connectivity index (χ2v) is 7.83. The Bertz CT molecular complexity index is 961. The van der Waals surface area contributed by atoms with Crippen LogP contribution in [0.25, 0.3) is 16.7 Å².